The predicted molar refractivity (Wildman–Crippen MR) is 114 cm³/mol. The van der Waals surface area contributed by atoms with Gasteiger partial charge in [-0.05, 0) is 66.9 Å². The Kier molecular flexibility index (Phi) is 4.29. The molecule has 2 aromatic heterocycles. The molecule has 0 saturated carbocycles. The zero-order valence-corrected chi connectivity index (χ0v) is 17.2. The third kappa shape index (κ3) is 2.85. The highest BCUT2D eigenvalue weighted by Crippen LogP contribution is 2.40. The number of hydrogen-bond donors (Lipinski definition) is 0. The van der Waals surface area contributed by atoms with Gasteiger partial charge < -0.3 is 13.7 Å². The van der Waals surface area contributed by atoms with Crippen LogP contribution in [0.3, 0.4) is 0 Å². The van der Waals surface area contributed by atoms with Crippen molar-refractivity contribution in [2.75, 3.05) is 0 Å². The van der Waals surface area contributed by atoms with E-state index in [2.05, 4.69) is 0 Å². The van der Waals surface area contributed by atoms with Crippen molar-refractivity contribution in [1.82, 2.24) is 4.90 Å². The highest BCUT2D eigenvalue weighted by atomic mass is 35.5. The molecule has 1 amide bonds. The molecule has 0 unspecified atom stereocenters. The van der Waals surface area contributed by atoms with Crippen LogP contribution < -0.4 is 5.43 Å². The van der Waals surface area contributed by atoms with Crippen molar-refractivity contribution in [2.24, 2.45) is 0 Å². The fraction of sp³-hybridized carbons (Fsp3) is 0.167. The van der Waals surface area contributed by atoms with Crippen LogP contribution in [-0.4, -0.2) is 10.8 Å². The number of rotatable bonds is 3. The summed E-state index contributed by atoms with van der Waals surface area (Å²) in [6, 6.07) is 13.8. The van der Waals surface area contributed by atoms with Crippen LogP contribution in [-0.2, 0) is 6.54 Å². The van der Waals surface area contributed by atoms with Crippen molar-refractivity contribution in [2.45, 2.75) is 26.4 Å². The lowest BCUT2D eigenvalue weighted by Crippen LogP contribution is -2.29. The molecule has 30 heavy (non-hydrogen) atoms. The van der Waals surface area contributed by atoms with Crippen LogP contribution in [0.5, 0.6) is 0 Å². The largest absolute Gasteiger partial charge is 0.467 e. The van der Waals surface area contributed by atoms with Crippen LogP contribution in [0.15, 0.2) is 68.4 Å². The quantitative estimate of drug-likeness (QED) is 0.446. The van der Waals surface area contributed by atoms with E-state index >= 15 is 0 Å². The van der Waals surface area contributed by atoms with Gasteiger partial charge in [0.1, 0.15) is 11.3 Å². The fourth-order valence-corrected chi connectivity index (χ4v) is 4.23. The summed E-state index contributed by atoms with van der Waals surface area (Å²) >= 11 is 6.23. The second kappa shape index (κ2) is 6.89. The van der Waals surface area contributed by atoms with Crippen LogP contribution in [0, 0.1) is 13.8 Å². The Labute approximate surface area is 177 Å². The Hall–Kier alpha value is -3.31. The number of benzene rings is 2. The zero-order chi connectivity index (χ0) is 21.0. The molecule has 0 N–H and O–H groups in total. The number of carbonyl (C=O) groups excluding carboxylic acids is 1. The lowest BCUT2D eigenvalue weighted by Gasteiger charge is -2.24. The van der Waals surface area contributed by atoms with Crippen molar-refractivity contribution in [3.05, 3.63) is 104 Å². The minimum atomic E-state index is -0.612. The van der Waals surface area contributed by atoms with Crippen LogP contribution in [0.2, 0.25) is 5.02 Å². The van der Waals surface area contributed by atoms with Gasteiger partial charge in [0, 0.05) is 5.02 Å². The molecule has 1 aliphatic heterocycles. The molecule has 5 nitrogen and oxygen atoms in total. The molecular formula is C24H18ClNO4. The van der Waals surface area contributed by atoms with Crippen molar-refractivity contribution in [3.8, 4) is 0 Å². The average molecular weight is 420 g/mol. The third-order valence-corrected chi connectivity index (χ3v) is 5.89. The van der Waals surface area contributed by atoms with Gasteiger partial charge in [0.05, 0.1) is 29.8 Å². The monoisotopic (exact) mass is 419 g/mol. The summed E-state index contributed by atoms with van der Waals surface area (Å²) < 4.78 is 11.5. The number of furan rings is 1. The zero-order valence-electron chi connectivity index (χ0n) is 16.4. The molecule has 5 rings (SSSR count). The molecule has 3 heterocycles. The Bertz CT molecular complexity index is 1350. The molecule has 0 saturated heterocycles. The number of aryl methyl sites for hydroxylation is 2. The molecule has 0 bridgehead atoms. The summed E-state index contributed by atoms with van der Waals surface area (Å²) in [7, 11) is 0. The van der Waals surface area contributed by atoms with Crippen LogP contribution >= 0.6 is 11.6 Å². The molecule has 1 aliphatic rings. The van der Waals surface area contributed by atoms with E-state index in [0.717, 1.165) is 16.7 Å². The summed E-state index contributed by atoms with van der Waals surface area (Å²) in [6.45, 7) is 4.10. The first-order valence-electron chi connectivity index (χ1n) is 9.61. The van der Waals surface area contributed by atoms with E-state index in [1.165, 1.54) is 0 Å². The minimum absolute atomic E-state index is 0.0762. The second-order valence-electron chi connectivity index (χ2n) is 7.58. The molecule has 150 valence electrons. The number of halogens is 1. The number of fused-ring (bicyclic) bond motifs is 2. The smallest absolute Gasteiger partial charge is 0.291 e. The predicted octanol–water partition coefficient (Wildman–Crippen LogP) is 5.40. The maximum atomic E-state index is 13.6. The molecule has 0 fully saturated rings. The number of nitrogens with zero attached hydrogens (tertiary/aromatic N) is 1. The Balaban J connectivity index is 1.77. The van der Waals surface area contributed by atoms with Gasteiger partial charge in [0.2, 0.25) is 5.76 Å². The first-order valence-corrected chi connectivity index (χ1v) is 9.98. The van der Waals surface area contributed by atoms with Gasteiger partial charge in [-0.2, -0.15) is 0 Å². The van der Waals surface area contributed by atoms with Gasteiger partial charge in [-0.1, -0.05) is 23.7 Å². The van der Waals surface area contributed by atoms with Gasteiger partial charge in [-0.15, -0.1) is 0 Å². The molecular weight excluding hydrogens is 402 g/mol. The van der Waals surface area contributed by atoms with Crippen LogP contribution in [0.4, 0.5) is 0 Å². The van der Waals surface area contributed by atoms with E-state index in [1.54, 1.807) is 41.5 Å². The highest BCUT2D eigenvalue weighted by Gasteiger charge is 2.43. The molecule has 6 heteroatoms. The summed E-state index contributed by atoms with van der Waals surface area (Å²) in [5, 5.41) is 1.000. The number of carbonyl (C=O) groups is 1. The summed E-state index contributed by atoms with van der Waals surface area (Å²) in [5.41, 5.74) is 3.29. The summed E-state index contributed by atoms with van der Waals surface area (Å²) in [6.07, 6.45) is 1.56. The van der Waals surface area contributed by atoms with Crippen LogP contribution in [0.25, 0.3) is 11.0 Å². The van der Waals surface area contributed by atoms with E-state index in [0.29, 0.717) is 27.3 Å². The van der Waals surface area contributed by atoms with Crippen LogP contribution in [0.1, 0.15) is 44.6 Å². The maximum absolute atomic E-state index is 13.6. The van der Waals surface area contributed by atoms with Gasteiger partial charge in [0.15, 0.2) is 5.43 Å². The topological polar surface area (TPSA) is 63.7 Å². The standard InChI is InChI=1S/C24H18ClNO4/c1-13-9-18-19(10-14(13)2)30-23-20(22(18)27)21(15-5-3-6-16(25)11-15)26(24(23)28)12-17-7-4-8-29-17/h3-11,21H,12H2,1-2H3/t21-/m0/s1. The normalized spacial score (nSPS) is 15.8. The van der Waals surface area contributed by atoms with Crippen molar-refractivity contribution >= 4 is 28.5 Å². The number of amides is 1. The first-order chi connectivity index (χ1) is 14.4. The fourth-order valence-electron chi connectivity index (χ4n) is 4.03. The first kappa shape index (κ1) is 18.7. The lowest BCUT2D eigenvalue weighted by molar-refractivity contribution is 0.0701. The molecule has 0 spiro atoms. The number of hydrogen-bond acceptors (Lipinski definition) is 4. The second-order valence-corrected chi connectivity index (χ2v) is 8.01. The summed E-state index contributed by atoms with van der Waals surface area (Å²) in [4.78, 5) is 28.5. The molecule has 4 aromatic rings. The average Bonchev–Trinajstić information content (AvgIpc) is 3.32. The van der Waals surface area contributed by atoms with E-state index in [4.69, 9.17) is 20.4 Å². The SMILES string of the molecule is Cc1cc2oc3c(c(=O)c2cc1C)[C@H](c1cccc(Cl)c1)N(Cc1ccco1)C3=O. The molecule has 1 atom stereocenters. The Morgan fingerprint density at radius 2 is 1.83 bits per heavy atom. The lowest BCUT2D eigenvalue weighted by atomic mass is 9.97. The minimum Gasteiger partial charge on any atom is -0.467 e. The van der Waals surface area contributed by atoms with E-state index < -0.39 is 6.04 Å². The molecule has 0 radical (unpaired) electrons. The molecule has 0 aliphatic carbocycles. The van der Waals surface area contributed by atoms with Gasteiger partial charge in [0.25, 0.3) is 5.91 Å². The Morgan fingerprint density at radius 3 is 2.57 bits per heavy atom. The van der Waals surface area contributed by atoms with E-state index in [-0.39, 0.29) is 23.6 Å². The maximum Gasteiger partial charge on any atom is 0.291 e. The van der Waals surface area contributed by atoms with Crippen molar-refractivity contribution in [3.63, 3.8) is 0 Å². The van der Waals surface area contributed by atoms with Crippen molar-refractivity contribution in [1.29, 1.82) is 0 Å². The van der Waals surface area contributed by atoms with Gasteiger partial charge >= 0.3 is 0 Å². The van der Waals surface area contributed by atoms with Gasteiger partial charge in [-0.3, -0.25) is 9.59 Å². The van der Waals surface area contributed by atoms with E-state index in [9.17, 15) is 9.59 Å². The molecule has 2 aromatic carbocycles. The summed E-state index contributed by atoms with van der Waals surface area (Å²) in [5.74, 6) is 0.350. The highest BCUT2D eigenvalue weighted by molar-refractivity contribution is 6.30. The van der Waals surface area contributed by atoms with E-state index in [1.807, 2.05) is 32.0 Å². The van der Waals surface area contributed by atoms with Crippen molar-refractivity contribution < 1.29 is 13.6 Å². The third-order valence-electron chi connectivity index (χ3n) is 5.65. The Morgan fingerprint density at radius 1 is 1.03 bits per heavy atom. The van der Waals surface area contributed by atoms with Gasteiger partial charge in [-0.25, -0.2) is 0 Å².